The van der Waals surface area contributed by atoms with Crippen LogP contribution in [0.25, 0.3) is 0 Å². The third-order valence-corrected chi connectivity index (χ3v) is 2.15. The highest BCUT2D eigenvalue weighted by molar-refractivity contribution is 5.03. The lowest BCUT2D eigenvalue weighted by atomic mass is 10.1. The van der Waals surface area contributed by atoms with Crippen molar-refractivity contribution in [2.75, 3.05) is 6.54 Å². The van der Waals surface area contributed by atoms with Crippen LogP contribution in [0.1, 0.15) is 18.7 Å². The number of rotatable bonds is 4. The van der Waals surface area contributed by atoms with Crippen molar-refractivity contribution in [2.45, 2.75) is 19.1 Å². The molecule has 2 atom stereocenters. The van der Waals surface area contributed by atoms with Crippen LogP contribution in [0.3, 0.4) is 0 Å². The van der Waals surface area contributed by atoms with Crippen LogP contribution in [0.5, 0.6) is 0 Å². The molecule has 0 amide bonds. The SMILES string of the molecule is C[C@H](NCC(C#N)C(F)(F)F)c1ccco1. The number of nitriles is 1. The number of hydrogen-bond donors (Lipinski definition) is 1. The van der Waals surface area contributed by atoms with Crippen LogP contribution in [-0.4, -0.2) is 12.7 Å². The number of furan rings is 1. The number of nitrogens with one attached hydrogen (secondary N) is 1. The lowest BCUT2D eigenvalue weighted by Gasteiger charge is -2.16. The fourth-order valence-corrected chi connectivity index (χ4v) is 1.17. The molecule has 0 spiro atoms. The van der Waals surface area contributed by atoms with Crippen LogP contribution in [0.2, 0.25) is 0 Å². The molecule has 0 aliphatic heterocycles. The number of hydrogen-bond acceptors (Lipinski definition) is 3. The molecule has 1 rings (SSSR count). The van der Waals surface area contributed by atoms with Crippen LogP contribution >= 0.6 is 0 Å². The Labute approximate surface area is 90.9 Å². The average Bonchev–Trinajstić information content (AvgIpc) is 2.68. The fourth-order valence-electron chi connectivity index (χ4n) is 1.17. The Morgan fingerprint density at radius 3 is 2.69 bits per heavy atom. The summed E-state index contributed by atoms with van der Waals surface area (Å²) in [6.07, 6.45) is -3.05. The first-order valence-corrected chi connectivity index (χ1v) is 4.68. The highest BCUT2D eigenvalue weighted by Gasteiger charge is 2.39. The first kappa shape index (κ1) is 12.6. The van der Waals surface area contributed by atoms with Crippen LogP contribution in [0.15, 0.2) is 22.8 Å². The molecule has 1 aromatic heterocycles. The second kappa shape index (κ2) is 5.03. The smallest absolute Gasteiger partial charge is 0.405 e. The fraction of sp³-hybridized carbons (Fsp3) is 0.500. The molecule has 1 aromatic rings. The molecular formula is C10H11F3N2O. The van der Waals surface area contributed by atoms with Crippen molar-refractivity contribution >= 4 is 0 Å². The highest BCUT2D eigenvalue weighted by Crippen LogP contribution is 2.25. The predicted octanol–water partition coefficient (Wildman–Crippen LogP) is 2.63. The van der Waals surface area contributed by atoms with E-state index < -0.39 is 18.6 Å². The van der Waals surface area contributed by atoms with Gasteiger partial charge in [-0.05, 0) is 19.1 Å². The van der Waals surface area contributed by atoms with Gasteiger partial charge in [0.1, 0.15) is 5.76 Å². The van der Waals surface area contributed by atoms with Gasteiger partial charge in [0.05, 0.1) is 18.4 Å². The third kappa shape index (κ3) is 3.28. The molecule has 0 aliphatic carbocycles. The minimum Gasteiger partial charge on any atom is -0.468 e. The molecule has 0 saturated heterocycles. The van der Waals surface area contributed by atoms with Gasteiger partial charge in [-0.15, -0.1) is 0 Å². The molecule has 0 fully saturated rings. The quantitative estimate of drug-likeness (QED) is 0.868. The normalized spacial score (nSPS) is 15.4. The van der Waals surface area contributed by atoms with Crippen molar-refractivity contribution in [3.8, 4) is 6.07 Å². The third-order valence-electron chi connectivity index (χ3n) is 2.15. The van der Waals surface area contributed by atoms with E-state index in [0.717, 1.165) is 0 Å². The van der Waals surface area contributed by atoms with Gasteiger partial charge >= 0.3 is 6.18 Å². The van der Waals surface area contributed by atoms with Gasteiger partial charge in [-0.2, -0.15) is 18.4 Å². The van der Waals surface area contributed by atoms with Gasteiger partial charge in [-0.25, -0.2) is 0 Å². The van der Waals surface area contributed by atoms with Crippen molar-refractivity contribution in [1.82, 2.24) is 5.32 Å². The lowest BCUT2D eigenvalue weighted by Crippen LogP contribution is -2.33. The lowest BCUT2D eigenvalue weighted by molar-refractivity contribution is -0.158. The summed E-state index contributed by atoms with van der Waals surface area (Å²) in [5, 5.41) is 11.0. The molecule has 0 saturated carbocycles. The molecule has 88 valence electrons. The molecule has 6 heteroatoms. The molecule has 1 unspecified atom stereocenters. The van der Waals surface area contributed by atoms with Crippen molar-refractivity contribution in [1.29, 1.82) is 5.26 Å². The van der Waals surface area contributed by atoms with Gasteiger partial charge in [-0.1, -0.05) is 0 Å². The van der Waals surface area contributed by atoms with Gasteiger partial charge in [0.15, 0.2) is 5.92 Å². The van der Waals surface area contributed by atoms with E-state index in [-0.39, 0.29) is 6.04 Å². The first-order chi connectivity index (χ1) is 7.45. The molecular weight excluding hydrogens is 221 g/mol. The number of alkyl halides is 3. The molecule has 0 radical (unpaired) electrons. The Kier molecular flexibility index (Phi) is 3.96. The molecule has 0 aliphatic rings. The van der Waals surface area contributed by atoms with Crippen molar-refractivity contribution in [3.63, 3.8) is 0 Å². The Morgan fingerprint density at radius 2 is 2.25 bits per heavy atom. The highest BCUT2D eigenvalue weighted by atomic mass is 19.4. The van der Waals surface area contributed by atoms with E-state index in [1.54, 1.807) is 19.1 Å². The van der Waals surface area contributed by atoms with Crippen LogP contribution < -0.4 is 5.32 Å². The standard InChI is InChI=1S/C10H11F3N2O/c1-7(9-3-2-4-16-9)15-6-8(5-14)10(11,12)13/h2-4,7-8,15H,6H2,1H3/t7-,8?/m0/s1. The maximum absolute atomic E-state index is 12.2. The molecule has 1 N–H and O–H groups in total. The molecule has 1 heterocycles. The monoisotopic (exact) mass is 232 g/mol. The molecule has 0 bridgehead atoms. The molecule has 16 heavy (non-hydrogen) atoms. The van der Waals surface area contributed by atoms with E-state index in [0.29, 0.717) is 5.76 Å². The summed E-state index contributed by atoms with van der Waals surface area (Å²) >= 11 is 0. The zero-order valence-electron chi connectivity index (χ0n) is 8.58. The first-order valence-electron chi connectivity index (χ1n) is 4.68. The van der Waals surface area contributed by atoms with Crippen LogP contribution in [-0.2, 0) is 0 Å². The second-order valence-electron chi connectivity index (χ2n) is 3.37. The summed E-state index contributed by atoms with van der Waals surface area (Å²) in [6.45, 7) is 1.23. The second-order valence-corrected chi connectivity index (χ2v) is 3.37. The number of nitrogens with zero attached hydrogens (tertiary/aromatic N) is 1. The topological polar surface area (TPSA) is 49.0 Å². The summed E-state index contributed by atoms with van der Waals surface area (Å²) in [4.78, 5) is 0. The summed E-state index contributed by atoms with van der Waals surface area (Å²) in [5.74, 6) is -1.45. The zero-order valence-corrected chi connectivity index (χ0v) is 8.58. The molecule has 0 aromatic carbocycles. The van der Waals surface area contributed by atoms with Crippen LogP contribution in [0.4, 0.5) is 13.2 Å². The van der Waals surface area contributed by atoms with E-state index in [2.05, 4.69) is 5.32 Å². The Balaban J connectivity index is 2.48. The largest absolute Gasteiger partial charge is 0.468 e. The van der Waals surface area contributed by atoms with Crippen molar-refractivity contribution < 1.29 is 17.6 Å². The Bertz CT molecular complexity index is 353. The predicted molar refractivity (Wildman–Crippen MR) is 50.3 cm³/mol. The van der Waals surface area contributed by atoms with E-state index in [1.165, 1.54) is 12.3 Å². The maximum atomic E-state index is 12.2. The summed E-state index contributed by atoms with van der Waals surface area (Å²) in [6, 6.07) is 4.18. The average molecular weight is 232 g/mol. The van der Waals surface area contributed by atoms with Gasteiger partial charge < -0.3 is 9.73 Å². The van der Waals surface area contributed by atoms with Gasteiger partial charge in [0.2, 0.25) is 0 Å². The summed E-state index contributed by atoms with van der Waals surface area (Å²) < 4.78 is 41.7. The van der Waals surface area contributed by atoms with E-state index in [4.69, 9.17) is 9.68 Å². The minimum atomic E-state index is -4.50. The summed E-state index contributed by atoms with van der Waals surface area (Å²) in [7, 11) is 0. The van der Waals surface area contributed by atoms with Gasteiger partial charge in [0.25, 0.3) is 0 Å². The van der Waals surface area contributed by atoms with Crippen molar-refractivity contribution in [3.05, 3.63) is 24.2 Å². The summed E-state index contributed by atoms with van der Waals surface area (Å²) in [5.41, 5.74) is 0. The van der Waals surface area contributed by atoms with Gasteiger partial charge in [0, 0.05) is 6.54 Å². The maximum Gasteiger partial charge on any atom is 0.405 e. The van der Waals surface area contributed by atoms with E-state index in [9.17, 15) is 13.2 Å². The van der Waals surface area contributed by atoms with Crippen molar-refractivity contribution in [2.24, 2.45) is 5.92 Å². The Hall–Kier alpha value is -1.48. The van der Waals surface area contributed by atoms with E-state index in [1.807, 2.05) is 0 Å². The Morgan fingerprint density at radius 1 is 1.56 bits per heavy atom. The minimum absolute atomic E-state index is 0.354. The zero-order chi connectivity index (χ0) is 12.2. The van der Waals surface area contributed by atoms with Crippen LogP contribution in [0, 0.1) is 17.2 Å². The molecule has 3 nitrogen and oxygen atoms in total. The van der Waals surface area contributed by atoms with Gasteiger partial charge in [-0.3, -0.25) is 0 Å². The number of halogens is 3. The van der Waals surface area contributed by atoms with E-state index >= 15 is 0 Å².